The van der Waals surface area contributed by atoms with Crippen LogP contribution in [-0.4, -0.2) is 48.3 Å². The zero-order valence-electron chi connectivity index (χ0n) is 13.6. The lowest BCUT2D eigenvalue weighted by atomic mass is 9.72. The summed E-state index contributed by atoms with van der Waals surface area (Å²) in [6.07, 6.45) is 0. The van der Waals surface area contributed by atoms with E-state index in [0.29, 0.717) is 0 Å². The number of hydrogen-bond acceptors (Lipinski definition) is 3. The highest BCUT2D eigenvalue weighted by Crippen LogP contribution is 2.47. The minimum Gasteiger partial charge on any atom is -0.394 e. The SMILES string of the molecule is CN1C[C@@H]2[C@H](c3ccccc31)[C@@H](CO)N2C(=O)Nc1ccccc1. The van der Waals surface area contributed by atoms with Gasteiger partial charge in [0.15, 0.2) is 0 Å². The fraction of sp³-hybridized carbons (Fsp3) is 0.316. The number of likely N-dealkylation sites (tertiary alicyclic amines) is 1. The van der Waals surface area contributed by atoms with Crippen LogP contribution in [0.25, 0.3) is 0 Å². The Balaban J connectivity index is 1.60. The summed E-state index contributed by atoms with van der Waals surface area (Å²) in [6.45, 7) is 0.752. The van der Waals surface area contributed by atoms with Crippen molar-refractivity contribution in [2.75, 3.05) is 30.4 Å². The molecule has 0 aromatic heterocycles. The van der Waals surface area contributed by atoms with Crippen LogP contribution in [0.15, 0.2) is 54.6 Å². The molecule has 2 heterocycles. The number of rotatable bonds is 2. The summed E-state index contributed by atoms with van der Waals surface area (Å²) in [5, 5.41) is 12.8. The van der Waals surface area contributed by atoms with Gasteiger partial charge in [0.1, 0.15) is 0 Å². The second kappa shape index (κ2) is 5.83. The van der Waals surface area contributed by atoms with Crippen LogP contribution in [0.2, 0.25) is 0 Å². The van der Waals surface area contributed by atoms with E-state index < -0.39 is 0 Å². The predicted octanol–water partition coefficient (Wildman–Crippen LogP) is 2.50. The first-order chi connectivity index (χ1) is 11.7. The molecule has 0 aliphatic carbocycles. The number of nitrogens with zero attached hydrogens (tertiary/aromatic N) is 2. The number of fused-ring (bicyclic) bond motifs is 3. The van der Waals surface area contributed by atoms with Gasteiger partial charge in [-0.15, -0.1) is 0 Å². The first-order valence-electron chi connectivity index (χ1n) is 8.26. The van der Waals surface area contributed by atoms with Crippen molar-refractivity contribution < 1.29 is 9.90 Å². The highest BCUT2D eigenvalue weighted by Gasteiger charge is 2.54. The van der Waals surface area contributed by atoms with Crippen molar-refractivity contribution >= 4 is 17.4 Å². The standard InChI is InChI=1S/C19H21N3O2/c1-21-11-16-18(14-9-5-6-10-15(14)21)17(12-23)22(16)19(24)20-13-7-3-2-4-8-13/h2-10,16-18,23H,11-12H2,1H3,(H,20,24)/t16-,17-,18+/m1/s1. The summed E-state index contributed by atoms with van der Waals surface area (Å²) in [6, 6.07) is 17.5. The molecule has 3 atom stereocenters. The number of amides is 2. The molecule has 2 aromatic rings. The molecule has 2 aromatic carbocycles. The lowest BCUT2D eigenvalue weighted by Crippen LogP contribution is -2.70. The monoisotopic (exact) mass is 323 g/mol. The molecule has 5 nitrogen and oxygen atoms in total. The van der Waals surface area contributed by atoms with Gasteiger partial charge in [-0.25, -0.2) is 4.79 Å². The normalized spacial score (nSPS) is 24.7. The number of carbonyl (C=O) groups excluding carboxylic acids is 1. The molecule has 0 radical (unpaired) electrons. The molecule has 124 valence electrons. The number of hydrogen-bond donors (Lipinski definition) is 2. The number of para-hydroxylation sites is 2. The van der Waals surface area contributed by atoms with Crippen LogP contribution in [0.1, 0.15) is 11.5 Å². The minimum atomic E-state index is -0.173. The van der Waals surface area contributed by atoms with Gasteiger partial charge in [-0.1, -0.05) is 36.4 Å². The van der Waals surface area contributed by atoms with Crippen molar-refractivity contribution in [3.63, 3.8) is 0 Å². The summed E-state index contributed by atoms with van der Waals surface area (Å²) in [5.41, 5.74) is 3.19. The summed E-state index contributed by atoms with van der Waals surface area (Å²) in [5.74, 6) is 0.198. The van der Waals surface area contributed by atoms with Gasteiger partial charge in [0, 0.05) is 30.9 Å². The largest absolute Gasteiger partial charge is 0.394 e. The van der Waals surface area contributed by atoms with E-state index in [1.165, 1.54) is 11.3 Å². The summed E-state index contributed by atoms with van der Waals surface area (Å²) < 4.78 is 0. The van der Waals surface area contributed by atoms with Crippen LogP contribution < -0.4 is 10.2 Å². The Morgan fingerprint density at radius 3 is 2.62 bits per heavy atom. The maximum Gasteiger partial charge on any atom is 0.322 e. The quantitative estimate of drug-likeness (QED) is 0.893. The van der Waals surface area contributed by atoms with Gasteiger partial charge in [-0.2, -0.15) is 0 Å². The van der Waals surface area contributed by atoms with E-state index >= 15 is 0 Å². The maximum atomic E-state index is 12.7. The van der Waals surface area contributed by atoms with Crippen LogP contribution >= 0.6 is 0 Å². The Morgan fingerprint density at radius 1 is 1.17 bits per heavy atom. The highest BCUT2D eigenvalue weighted by atomic mass is 16.3. The molecule has 24 heavy (non-hydrogen) atoms. The van der Waals surface area contributed by atoms with E-state index in [2.05, 4.69) is 29.4 Å². The molecule has 2 aliphatic rings. The van der Waals surface area contributed by atoms with Gasteiger partial charge in [-0.3, -0.25) is 0 Å². The molecule has 0 saturated carbocycles. The molecule has 2 N–H and O–H groups in total. The third-order valence-electron chi connectivity index (χ3n) is 5.16. The maximum absolute atomic E-state index is 12.7. The average molecular weight is 323 g/mol. The summed E-state index contributed by atoms with van der Waals surface area (Å²) in [4.78, 5) is 16.7. The lowest BCUT2D eigenvalue weighted by Gasteiger charge is -2.58. The number of nitrogens with one attached hydrogen (secondary N) is 1. The first-order valence-corrected chi connectivity index (χ1v) is 8.26. The third kappa shape index (κ3) is 2.24. The second-order valence-electron chi connectivity index (χ2n) is 6.49. The molecule has 2 aliphatic heterocycles. The van der Waals surface area contributed by atoms with Crippen molar-refractivity contribution in [1.29, 1.82) is 0 Å². The molecule has 0 unspecified atom stereocenters. The van der Waals surface area contributed by atoms with E-state index in [1.807, 2.05) is 42.5 Å². The van der Waals surface area contributed by atoms with Crippen LogP contribution in [0.5, 0.6) is 0 Å². The van der Waals surface area contributed by atoms with Gasteiger partial charge >= 0.3 is 6.03 Å². The Morgan fingerprint density at radius 2 is 1.88 bits per heavy atom. The lowest BCUT2D eigenvalue weighted by molar-refractivity contribution is -0.00226. The van der Waals surface area contributed by atoms with Gasteiger partial charge < -0.3 is 20.2 Å². The molecule has 2 amide bonds. The topological polar surface area (TPSA) is 55.8 Å². The Hall–Kier alpha value is -2.53. The van der Waals surface area contributed by atoms with E-state index in [-0.39, 0.29) is 30.6 Å². The second-order valence-corrected chi connectivity index (χ2v) is 6.49. The van der Waals surface area contributed by atoms with Gasteiger partial charge in [0.2, 0.25) is 0 Å². The molecule has 5 heteroatoms. The smallest absolute Gasteiger partial charge is 0.322 e. The fourth-order valence-electron chi connectivity index (χ4n) is 4.07. The molecular formula is C19H21N3O2. The average Bonchev–Trinajstić information content (AvgIpc) is 2.58. The Kier molecular flexibility index (Phi) is 3.65. The number of anilines is 2. The van der Waals surface area contributed by atoms with Gasteiger partial charge in [-0.05, 0) is 23.8 Å². The van der Waals surface area contributed by atoms with Crippen LogP contribution in [-0.2, 0) is 0 Å². The fourth-order valence-corrected chi connectivity index (χ4v) is 4.07. The number of benzene rings is 2. The van der Waals surface area contributed by atoms with Crippen molar-refractivity contribution in [3.8, 4) is 0 Å². The van der Waals surface area contributed by atoms with Gasteiger partial charge in [0.05, 0.1) is 18.7 Å². The van der Waals surface area contributed by atoms with E-state index in [9.17, 15) is 9.90 Å². The molecule has 4 rings (SSSR count). The molecule has 0 bridgehead atoms. The van der Waals surface area contributed by atoms with Crippen LogP contribution in [0, 0.1) is 0 Å². The van der Waals surface area contributed by atoms with Crippen LogP contribution in [0.3, 0.4) is 0 Å². The Bertz CT molecular complexity index is 749. The molecule has 1 fully saturated rings. The van der Waals surface area contributed by atoms with Crippen molar-refractivity contribution in [2.45, 2.75) is 18.0 Å². The van der Waals surface area contributed by atoms with Crippen molar-refractivity contribution in [3.05, 3.63) is 60.2 Å². The number of urea groups is 1. The van der Waals surface area contributed by atoms with Crippen molar-refractivity contribution in [1.82, 2.24) is 4.90 Å². The predicted molar refractivity (Wildman–Crippen MR) is 94.4 cm³/mol. The van der Waals surface area contributed by atoms with E-state index in [0.717, 1.165) is 12.2 Å². The zero-order valence-corrected chi connectivity index (χ0v) is 13.6. The molecular weight excluding hydrogens is 302 g/mol. The van der Waals surface area contributed by atoms with Crippen molar-refractivity contribution in [2.24, 2.45) is 0 Å². The summed E-state index contributed by atoms with van der Waals surface area (Å²) >= 11 is 0. The van der Waals surface area contributed by atoms with Gasteiger partial charge in [0.25, 0.3) is 0 Å². The summed E-state index contributed by atoms with van der Waals surface area (Å²) in [7, 11) is 2.05. The molecule has 1 saturated heterocycles. The number of carbonyl (C=O) groups is 1. The highest BCUT2D eigenvalue weighted by molar-refractivity contribution is 5.91. The number of likely N-dealkylation sites (N-methyl/N-ethyl adjacent to an activating group) is 1. The number of aliphatic hydroxyl groups is 1. The van der Waals surface area contributed by atoms with E-state index in [1.54, 1.807) is 4.90 Å². The first kappa shape index (κ1) is 15.0. The Labute approximate surface area is 141 Å². The molecule has 0 spiro atoms. The minimum absolute atomic E-state index is 0.0264. The third-order valence-corrected chi connectivity index (χ3v) is 5.16. The van der Waals surface area contributed by atoms with E-state index in [4.69, 9.17) is 0 Å². The zero-order chi connectivity index (χ0) is 16.7. The number of aliphatic hydroxyl groups excluding tert-OH is 1. The van der Waals surface area contributed by atoms with Crippen LogP contribution in [0.4, 0.5) is 16.2 Å².